The van der Waals surface area contributed by atoms with Crippen LogP contribution in [0.4, 0.5) is 0 Å². The van der Waals surface area contributed by atoms with Crippen molar-refractivity contribution >= 4 is 19.9 Å². The van der Waals surface area contributed by atoms with Crippen molar-refractivity contribution in [1.82, 2.24) is 14.9 Å². The van der Waals surface area contributed by atoms with Crippen molar-refractivity contribution in [2.45, 2.75) is 18.2 Å². The van der Waals surface area contributed by atoms with Gasteiger partial charge in [0.15, 0.2) is 0 Å². The minimum absolute atomic E-state index is 0.0932. The van der Waals surface area contributed by atoms with Crippen LogP contribution in [0.2, 0.25) is 0 Å². The highest BCUT2D eigenvalue weighted by atomic mass is 32.2. The third kappa shape index (κ3) is 4.90. The van der Waals surface area contributed by atoms with Crippen LogP contribution < -0.4 is 4.72 Å². The molecule has 0 amide bonds. The number of hydrogen-bond acceptors (Lipinski definition) is 7. The van der Waals surface area contributed by atoms with Crippen molar-refractivity contribution in [1.29, 1.82) is 0 Å². The molecule has 0 saturated carbocycles. The van der Waals surface area contributed by atoms with Gasteiger partial charge >= 0.3 is 5.22 Å². The van der Waals surface area contributed by atoms with Gasteiger partial charge in [0.05, 0.1) is 12.3 Å². The molecule has 0 fully saturated rings. The van der Waals surface area contributed by atoms with Crippen LogP contribution in [0.3, 0.4) is 0 Å². The maximum atomic E-state index is 11.9. The van der Waals surface area contributed by atoms with E-state index >= 15 is 0 Å². The number of sulfone groups is 1. The highest BCUT2D eigenvalue weighted by Crippen LogP contribution is 2.07. The Morgan fingerprint density at radius 3 is 2.36 bits per heavy atom. The van der Waals surface area contributed by atoms with Crippen LogP contribution in [0.25, 0.3) is 0 Å². The van der Waals surface area contributed by atoms with Gasteiger partial charge in [0.1, 0.15) is 0 Å². The Hall–Kier alpha value is -1.78. The average Bonchev–Trinajstić information content (AvgIpc) is 2.94. The van der Waals surface area contributed by atoms with E-state index in [1.165, 1.54) is 0 Å². The molecule has 2 aromatic rings. The predicted octanol–water partition coefficient (Wildman–Crippen LogP) is 0.135. The molecule has 10 heteroatoms. The molecule has 120 valence electrons. The second-order valence-electron chi connectivity index (χ2n) is 4.61. The van der Waals surface area contributed by atoms with Crippen molar-refractivity contribution in [2.75, 3.05) is 12.0 Å². The smallest absolute Gasteiger partial charge is 0.335 e. The van der Waals surface area contributed by atoms with Crippen molar-refractivity contribution in [3.63, 3.8) is 0 Å². The summed E-state index contributed by atoms with van der Waals surface area (Å²) in [6.45, 7) is -0.250. The topological polar surface area (TPSA) is 119 Å². The van der Waals surface area contributed by atoms with E-state index in [1.807, 2.05) is 30.3 Å². The summed E-state index contributed by atoms with van der Waals surface area (Å²) in [5.41, 5.74) is 0.907. The van der Waals surface area contributed by atoms with E-state index in [4.69, 9.17) is 4.42 Å². The van der Waals surface area contributed by atoms with E-state index in [0.29, 0.717) is 6.42 Å². The number of nitrogens with zero attached hydrogens (tertiary/aromatic N) is 2. The molecule has 8 nitrogen and oxygen atoms in total. The highest BCUT2D eigenvalue weighted by Gasteiger charge is 2.18. The maximum Gasteiger partial charge on any atom is 0.335 e. The molecule has 2 rings (SSSR count). The van der Waals surface area contributed by atoms with Gasteiger partial charge in [-0.1, -0.05) is 35.4 Å². The quantitative estimate of drug-likeness (QED) is 0.757. The Morgan fingerprint density at radius 1 is 1.09 bits per heavy atom. The number of benzene rings is 1. The van der Waals surface area contributed by atoms with E-state index < -0.39 is 25.1 Å². The fourth-order valence-electron chi connectivity index (χ4n) is 1.60. The minimum Gasteiger partial charge on any atom is -0.411 e. The molecule has 0 bridgehead atoms. The number of aryl methyl sites for hydroxylation is 1. The number of sulfonamides is 1. The molecule has 1 aromatic heterocycles. The normalized spacial score (nSPS) is 12.4. The molecule has 0 aliphatic carbocycles. The van der Waals surface area contributed by atoms with Gasteiger partial charge in [-0.2, -0.15) is 0 Å². The molecular weight excluding hydrogens is 330 g/mol. The fraction of sp³-hybridized carbons (Fsp3) is 0.333. The summed E-state index contributed by atoms with van der Waals surface area (Å²) in [7, 11) is -7.13. The Kier molecular flexibility index (Phi) is 4.94. The number of nitrogens with one attached hydrogen (secondary N) is 1. The molecule has 1 N–H and O–H groups in total. The molecule has 22 heavy (non-hydrogen) atoms. The first kappa shape index (κ1) is 16.6. The lowest BCUT2D eigenvalue weighted by Crippen LogP contribution is -2.27. The zero-order chi connectivity index (χ0) is 16.2. The fourth-order valence-corrected chi connectivity index (χ4v) is 3.03. The Balaban J connectivity index is 1.91. The summed E-state index contributed by atoms with van der Waals surface area (Å²) in [5, 5.41) is 6.29. The van der Waals surface area contributed by atoms with Crippen LogP contribution in [0, 0.1) is 0 Å². The molecule has 0 unspecified atom stereocenters. The van der Waals surface area contributed by atoms with Gasteiger partial charge in [-0.15, -0.1) is 5.10 Å². The number of aromatic nitrogens is 2. The average molecular weight is 345 g/mol. The molecule has 0 radical (unpaired) electrons. The summed E-state index contributed by atoms with van der Waals surface area (Å²) < 4.78 is 53.2. The van der Waals surface area contributed by atoms with Crippen LogP contribution in [-0.2, 0) is 32.8 Å². The lowest BCUT2D eigenvalue weighted by Gasteiger charge is -2.04. The summed E-state index contributed by atoms with van der Waals surface area (Å²) in [6.07, 6.45) is 1.29. The lowest BCUT2D eigenvalue weighted by molar-refractivity contribution is 0.394. The third-order valence-corrected chi connectivity index (χ3v) is 4.84. The Bertz CT molecular complexity index is 829. The van der Waals surface area contributed by atoms with Crippen LogP contribution in [0.5, 0.6) is 0 Å². The zero-order valence-corrected chi connectivity index (χ0v) is 13.4. The largest absolute Gasteiger partial charge is 0.411 e. The van der Waals surface area contributed by atoms with E-state index in [1.54, 1.807) is 0 Å². The van der Waals surface area contributed by atoms with E-state index in [2.05, 4.69) is 14.9 Å². The van der Waals surface area contributed by atoms with Crippen LogP contribution in [0.15, 0.2) is 40.0 Å². The zero-order valence-electron chi connectivity index (χ0n) is 11.8. The number of hydrogen-bond donors (Lipinski definition) is 1. The predicted molar refractivity (Wildman–Crippen MR) is 78.2 cm³/mol. The monoisotopic (exact) mass is 345 g/mol. The summed E-state index contributed by atoms with van der Waals surface area (Å²) in [4.78, 5) is 0. The van der Waals surface area contributed by atoms with Crippen molar-refractivity contribution in [3.8, 4) is 0 Å². The van der Waals surface area contributed by atoms with Crippen molar-refractivity contribution < 1.29 is 21.3 Å². The Morgan fingerprint density at radius 2 is 1.77 bits per heavy atom. The van der Waals surface area contributed by atoms with Crippen molar-refractivity contribution in [2.24, 2.45) is 0 Å². The van der Waals surface area contributed by atoms with Crippen molar-refractivity contribution in [3.05, 3.63) is 41.8 Å². The van der Waals surface area contributed by atoms with E-state index in [9.17, 15) is 16.8 Å². The SMILES string of the molecule is CS(=O)(=O)c1nnc(CNS(=O)(=O)CCc2ccccc2)o1. The van der Waals surface area contributed by atoms with Gasteiger partial charge in [-0.25, -0.2) is 21.6 Å². The summed E-state index contributed by atoms with van der Waals surface area (Å²) in [5.74, 6) is -0.201. The molecular formula is C12H15N3O5S2. The molecule has 0 aliphatic rings. The second-order valence-corrected chi connectivity index (χ2v) is 8.43. The summed E-state index contributed by atoms with van der Waals surface area (Å²) >= 11 is 0. The first-order chi connectivity index (χ1) is 10.3. The molecule has 0 spiro atoms. The van der Waals surface area contributed by atoms with Crippen LogP contribution in [0.1, 0.15) is 11.5 Å². The Labute approximate surface area is 128 Å². The molecule has 1 heterocycles. The highest BCUT2D eigenvalue weighted by molar-refractivity contribution is 7.90. The molecule has 0 atom stereocenters. The van der Waals surface area contributed by atoms with Gasteiger partial charge in [-0.05, 0) is 12.0 Å². The summed E-state index contributed by atoms with van der Waals surface area (Å²) in [6, 6.07) is 9.20. The molecule has 1 aromatic carbocycles. The van der Waals surface area contributed by atoms with Crippen LogP contribution >= 0.6 is 0 Å². The van der Waals surface area contributed by atoms with E-state index in [0.717, 1.165) is 11.8 Å². The maximum absolute atomic E-state index is 11.9. The van der Waals surface area contributed by atoms with Gasteiger partial charge in [0.2, 0.25) is 25.8 Å². The lowest BCUT2D eigenvalue weighted by atomic mass is 10.2. The van der Waals surface area contributed by atoms with Crippen LogP contribution in [-0.4, -0.2) is 39.0 Å². The van der Waals surface area contributed by atoms with E-state index in [-0.39, 0.29) is 18.2 Å². The third-order valence-electron chi connectivity index (χ3n) is 2.71. The van der Waals surface area contributed by atoms with Gasteiger partial charge < -0.3 is 4.42 Å². The standard InChI is InChI=1S/C12H15N3O5S2/c1-21(16,17)12-15-14-11(20-12)9-13-22(18,19)8-7-10-5-3-2-4-6-10/h2-6,13H,7-9H2,1H3. The molecule has 0 saturated heterocycles. The van der Waals surface area contributed by atoms with Gasteiger partial charge in [0.25, 0.3) is 0 Å². The van der Waals surface area contributed by atoms with Gasteiger partial charge in [0, 0.05) is 6.26 Å². The second kappa shape index (κ2) is 6.55. The number of rotatable bonds is 7. The van der Waals surface area contributed by atoms with Gasteiger partial charge in [-0.3, -0.25) is 0 Å². The first-order valence-electron chi connectivity index (χ1n) is 6.30. The minimum atomic E-state index is -3.60. The first-order valence-corrected chi connectivity index (χ1v) is 9.84. The molecule has 0 aliphatic heterocycles.